The molecule has 1 heterocycles. The van der Waals surface area contributed by atoms with Gasteiger partial charge in [0.15, 0.2) is 11.5 Å². The molecular formula is C21H19FN2O5. The number of methoxy groups -OCH3 is 3. The Morgan fingerprint density at radius 1 is 0.931 bits per heavy atom. The van der Waals surface area contributed by atoms with Crippen LogP contribution in [0.2, 0.25) is 0 Å². The van der Waals surface area contributed by atoms with Crippen LogP contribution in [0, 0.1) is 5.82 Å². The van der Waals surface area contributed by atoms with Gasteiger partial charge in [-0.05, 0) is 35.9 Å². The Morgan fingerprint density at radius 3 is 2.45 bits per heavy atom. The molecule has 0 aliphatic carbocycles. The largest absolute Gasteiger partial charge is 0.513 e. The molecule has 150 valence electrons. The molecular weight excluding hydrogens is 379 g/mol. The molecule has 0 saturated heterocycles. The molecule has 0 N–H and O–H groups in total. The molecule has 3 rings (SSSR count). The van der Waals surface area contributed by atoms with Crippen molar-refractivity contribution in [3.63, 3.8) is 0 Å². The van der Waals surface area contributed by atoms with Crippen molar-refractivity contribution in [3.8, 4) is 28.5 Å². The smallest absolute Gasteiger partial charge is 0.496 e. The van der Waals surface area contributed by atoms with Crippen molar-refractivity contribution < 1.29 is 28.1 Å². The molecule has 0 radical (unpaired) electrons. The summed E-state index contributed by atoms with van der Waals surface area (Å²) in [5.41, 5.74) is 2.81. The summed E-state index contributed by atoms with van der Waals surface area (Å²) in [5.74, 6) is 0.633. The fourth-order valence-corrected chi connectivity index (χ4v) is 2.77. The molecule has 0 spiro atoms. The summed E-state index contributed by atoms with van der Waals surface area (Å²) in [6.07, 6.45) is 1.04. The van der Waals surface area contributed by atoms with E-state index in [1.807, 2.05) is 6.07 Å². The van der Waals surface area contributed by atoms with E-state index in [9.17, 15) is 9.18 Å². The number of benzene rings is 2. The monoisotopic (exact) mass is 398 g/mol. The lowest BCUT2D eigenvalue weighted by atomic mass is 10.1. The molecule has 3 aromatic rings. The van der Waals surface area contributed by atoms with Crippen LogP contribution < -0.4 is 14.2 Å². The predicted molar refractivity (Wildman–Crippen MR) is 103 cm³/mol. The maximum atomic E-state index is 13.5. The highest BCUT2D eigenvalue weighted by atomic mass is 19.1. The Kier molecular flexibility index (Phi) is 6.23. The number of nitrogens with zero attached hydrogens (tertiary/aromatic N) is 2. The fraction of sp³-hybridized carbons (Fsp3) is 0.190. The first-order chi connectivity index (χ1) is 14.0. The minimum absolute atomic E-state index is 0.242. The van der Waals surface area contributed by atoms with Gasteiger partial charge in [0, 0.05) is 23.7 Å². The van der Waals surface area contributed by atoms with Crippen molar-refractivity contribution >= 4 is 6.16 Å². The predicted octanol–water partition coefficient (Wildman–Crippen LogP) is 4.04. The van der Waals surface area contributed by atoms with Crippen molar-refractivity contribution in [1.82, 2.24) is 9.97 Å². The molecule has 0 aliphatic rings. The number of hydrogen-bond donors (Lipinski definition) is 0. The quantitative estimate of drug-likeness (QED) is 0.458. The highest BCUT2D eigenvalue weighted by molar-refractivity contribution is 5.67. The van der Waals surface area contributed by atoms with Crippen molar-refractivity contribution in [2.75, 3.05) is 21.3 Å². The second kappa shape index (κ2) is 9.01. The minimum Gasteiger partial charge on any atom is -0.496 e. The van der Waals surface area contributed by atoms with Gasteiger partial charge < -0.3 is 18.9 Å². The maximum Gasteiger partial charge on any atom is 0.513 e. The van der Waals surface area contributed by atoms with Crippen LogP contribution in [-0.4, -0.2) is 37.5 Å². The zero-order valence-electron chi connectivity index (χ0n) is 16.1. The second-order valence-corrected chi connectivity index (χ2v) is 5.96. The first-order valence-corrected chi connectivity index (χ1v) is 8.61. The van der Waals surface area contributed by atoms with E-state index in [1.165, 1.54) is 39.8 Å². The number of ether oxygens (including phenoxy) is 4. The number of rotatable bonds is 6. The third-order valence-corrected chi connectivity index (χ3v) is 4.14. The van der Waals surface area contributed by atoms with Gasteiger partial charge in [-0.3, -0.25) is 0 Å². The van der Waals surface area contributed by atoms with Gasteiger partial charge in [-0.25, -0.2) is 19.2 Å². The van der Waals surface area contributed by atoms with E-state index in [0.29, 0.717) is 29.2 Å². The van der Waals surface area contributed by atoms with Gasteiger partial charge in [0.05, 0.1) is 27.0 Å². The van der Waals surface area contributed by atoms with Crippen molar-refractivity contribution in [2.45, 2.75) is 6.42 Å². The van der Waals surface area contributed by atoms with Gasteiger partial charge in [-0.1, -0.05) is 6.07 Å². The van der Waals surface area contributed by atoms with E-state index in [0.717, 1.165) is 11.3 Å². The summed E-state index contributed by atoms with van der Waals surface area (Å²) in [7, 11) is 4.18. The third kappa shape index (κ3) is 4.78. The van der Waals surface area contributed by atoms with Crippen LogP contribution in [0.3, 0.4) is 0 Å². The molecule has 8 heteroatoms. The number of hydrogen-bond acceptors (Lipinski definition) is 7. The van der Waals surface area contributed by atoms with Crippen molar-refractivity contribution in [2.24, 2.45) is 0 Å². The molecule has 0 unspecified atom stereocenters. The average Bonchev–Trinajstić information content (AvgIpc) is 2.74. The van der Waals surface area contributed by atoms with Crippen LogP contribution in [0.4, 0.5) is 9.18 Å². The summed E-state index contributed by atoms with van der Waals surface area (Å²) < 4.78 is 33.6. The highest BCUT2D eigenvalue weighted by Crippen LogP contribution is 2.31. The number of carbonyl (C=O) groups is 1. The lowest BCUT2D eigenvalue weighted by Crippen LogP contribution is -2.08. The second-order valence-electron chi connectivity index (χ2n) is 5.96. The van der Waals surface area contributed by atoms with Crippen LogP contribution in [0.15, 0.2) is 48.8 Å². The maximum absolute atomic E-state index is 13.5. The van der Waals surface area contributed by atoms with E-state index >= 15 is 0 Å². The van der Waals surface area contributed by atoms with Gasteiger partial charge in [0.1, 0.15) is 17.9 Å². The third-order valence-electron chi connectivity index (χ3n) is 4.14. The highest BCUT2D eigenvalue weighted by Gasteiger charge is 2.13. The van der Waals surface area contributed by atoms with E-state index in [-0.39, 0.29) is 5.75 Å². The normalized spacial score (nSPS) is 10.3. The molecule has 7 nitrogen and oxygen atoms in total. The molecule has 0 atom stereocenters. The van der Waals surface area contributed by atoms with Gasteiger partial charge in [0.2, 0.25) is 0 Å². The summed E-state index contributed by atoms with van der Waals surface area (Å²) in [6, 6.07) is 11.3. The average molecular weight is 398 g/mol. The van der Waals surface area contributed by atoms with E-state index < -0.39 is 12.0 Å². The Balaban J connectivity index is 1.89. The number of aromatic nitrogens is 2. The van der Waals surface area contributed by atoms with Crippen molar-refractivity contribution in [3.05, 3.63) is 65.9 Å². The van der Waals surface area contributed by atoms with E-state index in [2.05, 4.69) is 14.7 Å². The molecule has 0 saturated carbocycles. The van der Waals surface area contributed by atoms with Crippen LogP contribution in [0.1, 0.15) is 11.3 Å². The van der Waals surface area contributed by atoms with Crippen LogP contribution >= 0.6 is 0 Å². The SMILES string of the molecule is COC(=O)Oc1cc(Cc2cc(-c3ccc(F)cc3OC)ncn2)ccc1OC. The Labute approximate surface area is 167 Å². The topological polar surface area (TPSA) is 79.8 Å². The molecule has 0 amide bonds. The Morgan fingerprint density at radius 2 is 1.72 bits per heavy atom. The molecule has 0 aliphatic heterocycles. The summed E-state index contributed by atoms with van der Waals surface area (Å²) in [5, 5.41) is 0. The van der Waals surface area contributed by atoms with Gasteiger partial charge in [0.25, 0.3) is 0 Å². The summed E-state index contributed by atoms with van der Waals surface area (Å²) in [6.45, 7) is 0. The fourth-order valence-electron chi connectivity index (χ4n) is 2.77. The Bertz CT molecular complexity index is 1030. The standard InChI is InChI=1S/C21H19FN2O5/c1-26-18-7-4-13(9-20(18)29-21(25)28-3)8-15-11-17(24-12-23-15)16-6-5-14(22)10-19(16)27-2/h4-7,9-12H,8H2,1-3H3. The lowest BCUT2D eigenvalue weighted by molar-refractivity contribution is 0.120. The minimum atomic E-state index is -0.840. The molecule has 1 aromatic heterocycles. The number of carbonyl (C=O) groups excluding carboxylic acids is 1. The zero-order chi connectivity index (χ0) is 20.8. The summed E-state index contributed by atoms with van der Waals surface area (Å²) >= 11 is 0. The first kappa shape index (κ1) is 20.1. The number of halogens is 1. The van der Waals surface area contributed by atoms with Gasteiger partial charge >= 0.3 is 6.16 Å². The van der Waals surface area contributed by atoms with E-state index in [4.69, 9.17) is 14.2 Å². The van der Waals surface area contributed by atoms with Crippen LogP contribution in [0.25, 0.3) is 11.3 Å². The van der Waals surface area contributed by atoms with Gasteiger partial charge in [-0.15, -0.1) is 0 Å². The molecule has 2 aromatic carbocycles. The zero-order valence-corrected chi connectivity index (χ0v) is 16.1. The molecule has 0 bridgehead atoms. The first-order valence-electron chi connectivity index (χ1n) is 8.61. The molecule has 0 fully saturated rings. The van der Waals surface area contributed by atoms with Crippen LogP contribution in [-0.2, 0) is 11.2 Å². The van der Waals surface area contributed by atoms with Crippen LogP contribution in [0.5, 0.6) is 17.2 Å². The Hall–Kier alpha value is -3.68. The summed E-state index contributed by atoms with van der Waals surface area (Å²) in [4.78, 5) is 20.0. The van der Waals surface area contributed by atoms with E-state index in [1.54, 1.807) is 24.3 Å². The molecule has 29 heavy (non-hydrogen) atoms. The lowest BCUT2D eigenvalue weighted by Gasteiger charge is -2.11. The van der Waals surface area contributed by atoms with Gasteiger partial charge in [-0.2, -0.15) is 0 Å². The van der Waals surface area contributed by atoms with Crippen molar-refractivity contribution in [1.29, 1.82) is 0 Å².